The van der Waals surface area contributed by atoms with Crippen LogP contribution < -0.4 is 0 Å². The van der Waals surface area contributed by atoms with Crippen molar-refractivity contribution in [1.29, 1.82) is 0 Å². The molecule has 0 aliphatic heterocycles. The fourth-order valence-electron chi connectivity index (χ4n) is 9.57. The van der Waals surface area contributed by atoms with E-state index < -0.39 is 17.1 Å². The van der Waals surface area contributed by atoms with Crippen molar-refractivity contribution >= 4 is 34.5 Å². The van der Waals surface area contributed by atoms with E-state index in [1.54, 1.807) is 0 Å². The van der Waals surface area contributed by atoms with Gasteiger partial charge in [0.05, 0.1) is 39.8 Å². The third kappa shape index (κ3) is 4.02. The Morgan fingerprint density at radius 1 is 1.14 bits per heavy atom. The van der Waals surface area contributed by atoms with Crippen LogP contribution in [-0.4, -0.2) is 48.2 Å². The molecule has 0 amide bonds. The summed E-state index contributed by atoms with van der Waals surface area (Å²) in [5.74, 6) is 0.643. The molecule has 4 aliphatic rings. The predicted molar refractivity (Wildman–Crippen MR) is 167 cm³/mol. The number of pyridine rings is 1. The number of rotatable bonds is 4. The lowest BCUT2D eigenvalue weighted by Crippen LogP contribution is -2.62. The highest BCUT2D eigenvalue weighted by Crippen LogP contribution is 2.67. The summed E-state index contributed by atoms with van der Waals surface area (Å²) in [6.45, 7) is 11.0. The Morgan fingerprint density at radius 2 is 1.93 bits per heavy atom. The van der Waals surface area contributed by atoms with Crippen molar-refractivity contribution in [2.24, 2.45) is 28.6 Å². The Balaban J connectivity index is 1.13. The Labute approximate surface area is 253 Å². The lowest BCUT2D eigenvalue weighted by molar-refractivity contribution is -0.177. The van der Waals surface area contributed by atoms with E-state index in [1.807, 2.05) is 42.6 Å². The molecule has 3 aromatic rings. The van der Waals surface area contributed by atoms with Gasteiger partial charge in [0.15, 0.2) is 5.78 Å². The molecule has 7 heteroatoms. The first-order valence-corrected chi connectivity index (χ1v) is 16.5. The molecular weight excluding hydrogens is 542 g/mol. The minimum absolute atomic E-state index is 0.0920. The van der Waals surface area contributed by atoms with E-state index in [9.17, 15) is 15.0 Å². The van der Waals surface area contributed by atoms with Gasteiger partial charge in [-0.05, 0) is 106 Å². The van der Waals surface area contributed by atoms with Crippen LogP contribution >= 0.6 is 11.8 Å². The van der Waals surface area contributed by atoms with Crippen molar-refractivity contribution in [3.8, 4) is 0 Å². The summed E-state index contributed by atoms with van der Waals surface area (Å²) < 4.78 is 2.14. The van der Waals surface area contributed by atoms with Crippen LogP contribution in [0, 0.1) is 28.6 Å². The lowest BCUT2D eigenvalue weighted by Gasteiger charge is -2.60. The molecule has 0 radical (unpaired) electrons. The SMILES string of the molecule is CC12Cc3cnn(C(C)(C)C)c3C=C1CCC1C2[C@@H](O)CC2(C)C1CCC2(O)C(=O)CSc1ccc2ccccc2n1. The second-order valence-electron chi connectivity index (χ2n) is 14.9. The van der Waals surface area contributed by atoms with Crippen LogP contribution in [0.3, 0.4) is 0 Å². The third-order valence-electron chi connectivity index (χ3n) is 11.6. The van der Waals surface area contributed by atoms with Crippen molar-refractivity contribution in [2.75, 3.05) is 5.75 Å². The summed E-state index contributed by atoms with van der Waals surface area (Å²) in [7, 11) is 0. The summed E-state index contributed by atoms with van der Waals surface area (Å²) >= 11 is 1.40. The average Bonchev–Trinajstić information content (AvgIpc) is 3.47. The fraction of sp³-hybridized carbons (Fsp3) is 0.571. The number of aliphatic hydroxyl groups is 2. The Hall–Kier alpha value is -2.48. The number of para-hydroxylation sites is 1. The highest BCUT2D eigenvalue weighted by Gasteiger charge is 2.68. The van der Waals surface area contributed by atoms with Gasteiger partial charge >= 0.3 is 0 Å². The molecular formula is C35H43N3O3S. The maximum atomic E-state index is 13.8. The van der Waals surface area contributed by atoms with Crippen molar-refractivity contribution in [2.45, 2.75) is 95.4 Å². The predicted octanol–water partition coefficient (Wildman–Crippen LogP) is 6.43. The van der Waals surface area contributed by atoms with Gasteiger partial charge in [0.1, 0.15) is 5.60 Å². The summed E-state index contributed by atoms with van der Waals surface area (Å²) in [6, 6.07) is 11.9. The number of Topliss-reactive ketones (excluding diaryl/α,β-unsaturated/α-hetero) is 1. The molecule has 42 heavy (non-hydrogen) atoms. The first-order chi connectivity index (χ1) is 19.8. The molecule has 0 saturated heterocycles. The number of allylic oxidation sites excluding steroid dienone is 1. The highest BCUT2D eigenvalue weighted by atomic mass is 32.2. The second kappa shape index (κ2) is 9.51. The molecule has 3 saturated carbocycles. The average molecular weight is 586 g/mol. The number of ketones is 1. The molecule has 4 aliphatic carbocycles. The molecule has 2 aromatic heterocycles. The maximum absolute atomic E-state index is 13.8. The number of fused-ring (bicyclic) bond motifs is 7. The minimum atomic E-state index is -1.43. The summed E-state index contributed by atoms with van der Waals surface area (Å²) in [5.41, 5.74) is 2.49. The zero-order valence-electron chi connectivity index (χ0n) is 25.4. The topological polar surface area (TPSA) is 88.2 Å². The second-order valence-corrected chi connectivity index (χ2v) is 15.9. The van der Waals surface area contributed by atoms with Gasteiger partial charge in [0.25, 0.3) is 0 Å². The van der Waals surface area contributed by atoms with Crippen LogP contribution in [0.5, 0.6) is 0 Å². The third-order valence-corrected chi connectivity index (χ3v) is 12.5. The van der Waals surface area contributed by atoms with E-state index >= 15 is 0 Å². The number of nitrogens with zero attached hydrogens (tertiary/aromatic N) is 3. The molecule has 7 atom stereocenters. The zero-order chi connectivity index (χ0) is 29.7. The molecule has 6 nitrogen and oxygen atoms in total. The van der Waals surface area contributed by atoms with Gasteiger partial charge in [-0.1, -0.05) is 55.4 Å². The van der Waals surface area contributed by atoms with E-state index in [0.29, 0.717) is 12.8 Å². The number of carbonyl (C=O) groups is 1. The highest BCUT2D eigenvalue weighted by molar-refractivity contribution is 7.99. The number of benzene rings is 1. The van der Waals surface area contributed by atoms with Crippen LogP contribution in [0.15, 0.2) is 53.2 Å². The number of aliphatic hydroxyl groups excluding tert-OH is 1. The first-order valence-electron chi connectivity index (χ1n) is 15.6. The first kappa shape index (κ1) is 28.3. The van der Waals surface area contributed by atoms with Gasteiger partial charge in [-0.3, -0.25) is 9.48 Å². The van der Waals surface area contributed by atoms with Gasteiger partial charge in [-0.25, -0.2) is 4.98 Å². The van der Waals surface area contributed by atoms with E-state index in [1.165, 1.54) is 28.6 Å². The van der Waals surface area contributed by atoms with Crippen LogP contribution in [0.4, 0.5) is 0 Å². The minimum Gasteiger partial charge on any atom is -0.393 e. The van der Waals surface area contributed by atoms with Crippen molar-refractivity contribution < 1.29 is 15.0 Å². The zero-order valence-corrected chi connectivity index (χ0v) is 26.2. The molecule has 6 unspecified atom stereocenters. The lowest BCUT2D eigenvalue weighted by atomic mass is 9.45. The van der Waals surface area contributed by atoms with Crippen LogP contribution in [0.2, 0.25) is 0 Å². The van der Waals surface area contributed by atoms with E-state index in [-0.39, 0.29) is 40.2 Å². The van der Waals surface area contributed by atoms with E-state index in [4.69, 9.17) is 10.1 Å². The number of hydrogen-bond donors (Lipinski definition) is 2. The van der Waals surface area contributed by atoms with Crippen molar-refractivity contribution in [1.82, 2.24) is 14.8 Å². The Kier molecular flexibility index (Phi) is 6.41. The largest absolute Gasteiger partial charge is 0.393 e. The van der Waals surface area contributed by atoms with Gasteiger partial charge in [-0.15, -0.1) is 0 Å². The molecule has 2 N–H and O–H groups in total. The van der Waals surface area contributed by atoms with Crippen LogP contribution in [0.1, 0.15) is 78.0 Å². The number of thioether (sulfide) groups is 1. The van der Waals surface area contributed by atoms with Crippen LogP contribution in [0.25, 0.3) is 17.0 Å². The van der Waals surface area contributed by atoms with Crippen LogP contribution in [-0.2, 0) is 16.8 Å². The van der Waals surface area contributed by atoms with Crippen molar-refractivity contribution in [3.63, 3.8) is 0 Å². The number of aromatic nitrogens is 3. The monoisotopic (exact) mass is 585 g/mol. The smallest absolute Gasteiger partial charge is 0.175 e. The summed E-state index contributed by atoms with van der Waals surface area (Å²) in [5, 5.41) is 30.7. The molecule has 2 heterocycles. The normalized spacial score (nSPS) is 35.6. The van der Waals surface area contributed by atoms with Crippen molar-refractivity contribution in [3.05, 3.63) is 59.4 Å². The van der Waals surface area contributed by atoms with E-state index in [0.717, 1.165) is 41.6 Å². The Bertz CT molecular complexity index is 1610. The van der Waals surface area contributed by atoms with E-state index in [2.05, 4.69) is 45.4 Å². The van der Waals surface area contributed by atoms with Gasteiger partial charge in [0, 0.05) is 10.8 Å². The quantitative estimate of drug-likeness (QED) is 0.343. The standard InChI is InChI=1S/C35H43N3O3S/c1-32(2,3)38-27-16-23-11-12-24-25-14-15-35(41,29(40)20-42-30-13-10-21-8-6-7-9-26(21)37-30)34(25,5)18-28(39)31(24)33(23,4)17-22(27)19-36-38/h6-10,13,16,19,24-25,28,31,39,41H,11-12,14-15,17-18,20H2,1-5H3/t24?,25?,28-,31?,33?,34?,35?/m0/s1. The molecule has 0 spiro atoms. The van der Waals surface area contributed by atoms with Gasteiger partial charge in [-0.2, -0.15) is 5.10 Å². The molecule has 222 valence electrons. The summed E-state index contributed by atoms with van der Waals surface area (Å²) in [4.78, 5) is 18.6. The number of hydrogen-bond acceptors (Lipinski definition) is 6. The molecule has 3 fully saturated rings. The maximum Gasteiger partial charge on any atom is 0.175 e. The van der Waals surface area contributed by atoms with Gasteiger partial charge < -0.3 is 10.2 Å². The Morgan fingerprint density at radius 3 is 2.71 bits per heavy atom. The number of carbonyl (C=O) groups excluding carboxylic acids is 1. The molecule has 1 aromatic carbocycles. The molecule has 0 bridgehead atoms. The molecule has 7 rings (SSSR count). The summed E-state index contributed by atoms with van der Waals surface area (Å²) in [6.07, 6.45) is 8.42. The fourth-order valence-corrected chi connectivity index (χ4v) is 10.4. The van der Waals surface area contributed by atoms with Gasteiger partial charge in [0.2, 0.25) is 0 Å².